The minimum atomic E-state index is -4.24. The number of fused-ring (bicyclic) bond motifs is 2. The highest BCUT2D eigenvalue weighted by molar-refractivity contribution is 7.90. The average molecular weight is 961 g/mol. The summed E-state index contributed by atoms with van der Waals surface area (Å²) in [5.74, 6) is -2.35. The summed E-state index contributed by atoms with van der Waals surface area (Å²) in [5, 5.41) is 12.5. The number of hydrogen-bond acceptors (Lipinski definition) is 12. The van der Waals surface area contributed by atoms with Crippen molar-refractivity contribution in [1.29, 1.82) is 5.26 Å². The van der Waals surface area contributed by atoms with E-state index < -0.39 is 51.0 Å². The van der Waals surface area contributed by atoms with Gasteiger partial charge in [-0.15, -0.1) is 0 Å². The van der Waals surface area contributed by atoms with E-state index in [1.807, 2.05) is 36.4 Å². The molecule has 358 valence electrons. The Kier molecular flexibility index (Phi) is 12.3. The summed E-state index contributed by atoms with van der Waals surface area (Å²) in [6.07, 6.45) is 4.98. The molecular weight excluding hydrogens is 911 g/mol. The molecule has 1 saturated carbocycles. The quantitative estimate of drug-likeness (QED) is 0.164. The number of piperazine rings is 1. The summed E-state index contributed by atoms with van der Waals surface area (Å²) in [5.41, 5.74) is 3.46. The largest absolute Gasteiger partial charge is 0.453 e. The van der Waals surface area contributed by atoms with Crippen LogP contribution in [0, 0.1) is 17.1 Å². The van der Waals surface area contributed by atoms with E-state index in [2.05, 4.69) is 42.8 Å². The topological polar surface area (TPSA) is 194 Å². The number of nitriles is 1. The Hall–Kier alpha value is -6.95. The number of piperidine rings is 1. The normalized spacial score (nSPS) is 22.4. The molecule has 4 aliphatic heterocycles. The van der Waals surface area contributed by atoms with Gasteiger partial charge in [-0.05, 0) is 117 Å². The van der Waals surface area contributed by atoms with Crippen LogP contribution in [-0.4, -0.2) is 120 Å². The number of ether oxygens (including phenoxy) is 1. The molecular formula is C49H50F2N10O7S. The molecule has 4 fully saturated rings. The maximum absolute atomic E-state index is 15.2. The van der Waals surface area contributed by atoms with Gasteiger partial charge in [-0.3, -0.25) is 38.7 Å². The third kappa shape index (κ3) is 8.97. The number of nitrogens with zero attached hydrogens (tertiary/aromatic N) is 8. The van der Waals surface area contributed by atoms with Gasteiger partial charge in [0, 0.05) is 88.3 Å². The minimum Gasteiger partial charge on any atom is -0.453 e. The van der Waals surface area contributed by atoms with Gasteiger partial charge in [0.2, 0.25) is 11.8 Å². The molecule has 5 heterocycles. The van der Waals surface area contributed by atoms with Crippen LogP contribution in [0.15, 0.2) is 83.9 Å². The number of hydrogen-bond donors (Lipinski definition) is 2. The van der Waals surface area contributed by atoms with Crippen molar-refractivity contribution in [2.24, 2.45) is 0 Å². The molecule has 17 nitrogen and oxygen atoms in total. The Balaban J connectivity index is 0.742. The van der Waals surface area contributed by atoms with Crippen LogP contribution in [-0.2, 0) is 26.3 Å². The van der Waals surface area contributed by atoms with Gasteiger partial charge in [-0.25, -0.2) is 13.8 Å². The highest BCUT2D eigenvalue weighted by Gasteiger charge is 2.40. The molecule has 0 unspecified atom stereocenters. The Morgan fingerprint density at radius 1 is 0.884 bits per heavy atom. The van der Waals surface area contributed by atoms with Crippen molar-refractivity contribution in [2.75, 3.05) is 60.8 Å². The SMILES string of the molecule is CN(c1ccc2c(c1)CN([C@H]1CCC(=O)NC1=O)C2=O)[C@H]1CC[C@H](N2CCN(c3ccc(-n4cnc5ccc(Oc6c(F)ccc(NS(=O)(=O)N7CC[C@@H](F)C7)c6C#N)cc5c4=O)cc3)CC2)CC1. The zero-order chi connectivity index (χ0) is 48.1. The Labute approximate surface area is 397 Å². The van der Waals surface area contributed by atoms with Crippen molar-refractivity contribution in [3.63, 3.8) is 0 Å². The van der Waals surface area contributed by atoms with E-state index in [9.17, 15) is 37.2 Å². The number of carbonyl (C=O) groups excluding carboxylic acids is 3. The second-order valence-corrected chi connectivity index (χ2v) is 20.0. The van der Waals surface area contributed by atoms with Crippen LogP contribution in [0.1, 0.15) is 66.4 Å². The molecule has 0 radical (unpaired) electrons. The first-order valence-corrected chi connectivity index (χ1v) is 24.6. The van der Waals surface area contributed by atoms with Crippen LogP contribution in [0.25, 0.3) is 16.6 Å². The Morgan fingerprint density at radius 2 is 1.64 bits per heavy atom. The molecule has 69 heavy (non-hydrogen) atoms. The molecule has 20 heteroatoms. The molecule has 3 saturated heterocycles. The van der Waals surface area contributed by atoms with Gasteiger partial charge in [-0.2, -0.15) is 18.0 Å². The van der Waals surface area contributed by atoms with Crippen molar-refractivity contribution in [2.45, 2.75) is 75.8 Å². The molecule has 2 atom stereocenters. The summed E-state index contributed by atoms with van der Waals surface area (Å²) in [4.78, 5) is 64.6. The lowest BCUT2D eigenvalue weighted by Crippen LogP contribution is -2.52. The average Bonchev–Trinajstić information content (AvgIpc) is 3.95. The number of carbonyl (C=O) groups is 3. The van der Waals surface area contributed by atoms with Gasteiger partial charge >= 0.3 is 10.2 Å². The lowest BCUT2D eigenvalue weighted by molar-refractivity contribution is -0.136. The number of anilines is 3. The van der Waals surface area contributed by atoms with E-state index >= 15 is 4.39 Å². The first-order chi connectivity index (χ1) is 33.2. The molecule has 5 aliphatic rings. The predicted molar refractivity (Wildman–Crippen MR) is 253 cm³/mol. The summed E-state index contributed by atoms with van der Waals surface area (Å²) in [6.45, 7) is 3.53. The first-order valence-electron chi connectivity index (χ1n) is 23.2. The molecule has 10 rings (SSSR count). The van der Waals surface area contributed by atoms with Crippen LogP contribution in [0.2, 0.25) is 0 Å². The molecule has 0 bridgehead atoms. The second kappa shape index (κ2) is 18.5. The number of alkyl halides is 1. The van der Waals surface area contributed by atoms with Crippen molar-refractivity contribution in [1.82, 2.24) is 29.0 Å². The minimum absolute atomic E-state index is 0.0154. The van der Waals surface area contributed by atoms with Crippen LogP contribution >= 0.6 is 0 Å². The molecule has 2 N–H and O–H groups in total. The van der Waals surface area contributed by atoms with Crippen LogP contribution in [0.5, 0.6) is 11.5 Å². The molecule has 1 aromatic heterocycles. The first kappa shape index (κ1) is 45.8. The Bertz CT molecular complexity index is 3080. The van der Waals surface area contributed by atoms with Crippen LogP contribution in [0.3, 0.4) is 0 Å². The van der Waals surface area contributed by atoms with E-state index in [4.69, 9.17) is 4.74 Å². The number of halogens is 2. The molecule has 5 aromatic rings. The van der Waals surface area contributed by atoms with E-state index in [0.717, 1.165) is 85.2 Å². The Morgan fingerprint density at radius 3 is 2.35 bits per heavy atom. The maximum Gasteiger partial charge on any atom is 0.301 e. The van der Waals surface area contributed by atoms with Gasteiger partial charge < -0.3 is 19.4 Å². The lowest BCUT2D eigenvalue weighted by atomic mass is 9.88. The van der Waals surface area contributed by atoms with Gasteiger partial charge in [0.15, 0.2) is 11.6 Å². The maximum atomic E-state index is 15.2. The van der Waals surface area contributed by atoms with Crippen LogP contribution in [0.4, 0.5) is 25.8 Å². The van der Waals surface area contributed by atoms with Crippen LogP contribution < -0.4 is 30.1 Å². The second-order valence-electron chi connectivity index (χ2n) is 18.3. The highest BCUT2D eigenvalue weighted by atomic mass is 32.2. The number of benzene rings is 4. The van der Waals surface area contributed by atoms with E-state index in [0.29, 0.717) is 41.8 Å². The predicted octanol–water partition coefficient (Wildman–Crippen LogP) is 5.22. The summed E-state index contributed by atoms with van der Waals surface area (Å²) < 4.78 is 65.2. The number of imide groups is 1. The molecule has 1 aliphatic carbocycles. The van der Waals surface area contributed by atoms with E-state index in [1.165, 1.54) is 29.1 Å². The molecule has 3 amide bonds. The van der Waals surface area contributed by atoms with Gasteiger partial charge in [0.1, 0.15) is 35.9 Å². The van der Waals surface area contributed by atoms with Crippen molar-refractivity contribution in [3.8, 4) is 23.3 Å². The fourth-order valence-electron chi connectivity index (χ4n) is 10.4. The van der Waals surface area contributed by atoms with Gasteiger partial charge in [-0.1, -0.05) is 0 Å². The number of rotatable bonds is 11. The third-order valence-electron chi connectivity index (χ3n) is 14.3. The lowest BCUT2D eigenvalue weighted by Gasteiger charge is -2.44. The summed E-state index contributed by atoms with van der Waals surface area (Å²) >= 11 is 0. The number of amides is 3. The van der Waals surface area contributed by atoms with Crippen molar-refractivity contribution >= 4 is 55.9 Å². The zero-order valence-corrected chi connectivity index (χ0v) is 38.6. The van der Waals surface area contributed by atoms with Crippen molar-refractivity contribution in [3.05, 3.63) is 112 Å². The van der Waals surface area contributed by atoms with Crippen molar-refractivity contribution < 1.29 is 36.3 Å². The monoisotopic (exact) mass is 960 g/mol. The molecule has 4 aromatic carbocycles. The number of aromatic nitrogens is 2. The van der Waals surface area contributed by atoms with E-state index in [1.54, 1.807) is 11.0 Å². The number of nitrogens with one attached hydrogen (secondary N) is 2. The standard InChI is InChI=1S/C49H50F2N10O7S/c1-56(36-10-12-38-30(24-36)27-60(48(38)64)44-16-17-45(62)54-47(44)63)32-2-4-33(5-3-32)57-20-22-58(23-21-57)34-6-8-35(9-7-34)61-29-53-42-14-11-37(25-39(42)49(61)65)68-46-40(26-52)43(15-13-41(46)51)55-69(66,67)59-19-18-31(50)28-59/h6-15,24-25,29,31-33,44,55H,2-5,16-23,27-28H2,1H3,(H,54,62,63)/t31-,32-,33-,44+/m1/s1. The third-order valence-corrected chi connectivity index (χ3v) is 15.8. The fraction of sp³-hybridized carbons (Fsp3) is 0.388. The summed E-state index contributed by atoms with van der Waals surface area (Å²) in [6, 6.07) is 22.1. The zero-order valence-electron chi connectivity index (χ0n) is 37.8. The van der Waals surface area contributed by atoms with Gasteiger partial charge in [0.25, 0.3) is 11.5 Å². The van der Waals surface area contributed by atoms with E-state index in [-0.39, 0.29) is 54.6 Å². The fourth-order valence-corrected chi connectivity index (χ4v) is 11.7. The van der Waals surface area contributed by atoms with Gasteiger partial charge in [0.05, 0.1) is 22.3 Å². The highest BCUT2D eigenvalue weighted by Crippen LogP contribution is 2.37. The molecule has 0 spiro atoms. The smallest absolute Gasteiger partial charge is 0.301 e. The summed E-state index contributed by atoms with van der Waals surface area (Å²) in [7, 11) is -2.13.